The van der Waals surface area contributed by atoms with E-state index in [9.17, 15) is 19.1 Å². The minimum atomic E-state index is -0.655. The van der Waals surface area contributed by atoms with E-state index >= 15 is 0 Å². The highest BCUT2D eigenvalue weighted by Gasteiger charge is 2.34. The van der Waals surface area contributed by atoms with Crippen LogP contribution in [0.4, 0.5) is 4.39 Å². The average molecular weight is 374 g/mol. The lowest BCUT2D eigenvalue weighted by molar-refractivity contribution is -0.123. The normalized spacial score (nSPS) is 15.7. The van der Waals surface area contributed by atoms with Crippen molar-refractivity contribution in [2.45, 2.75) is 0 Å². The van der Waals surface area contributed by atoms with Crippen LogP contribution < -0.4 is 5.43 Å². The molecule has 2 aromatic carbocycles. The van der Waals surface area contributed by atoms with E-state index in [2.05, 4.69) is 5.43 Å². The summed E-state index contributed by atoms with van der Waals surface area (Å²) in [5.74, 6) is -1.73. The molecule has 0 aromatic heterocycles. The third-order valence-corrected chi connectivity index (χ3v) is 4.63. The van der Waals surface area contributed by atoms with Crippen LogP contribution in [0, 0.1) is 5.82 Å². The van der Waals surface area contributed by atoms with Crippen LogP contribution in [-0.4, -0.2) is 26.3 Å². The zero-order valence-electron chi connectivity index (χ0n) is 12.6. The molecule has 3 rings (SSSR count). The zero-order valence-corrected chi connectivity index (χ0v) is 14.2. The smallest absolute Gasteiger partial charge is 0.285 e. The van der Waals surface area contributed by atoms with E-state index in [0.717, 1.165) is 16.8 Å². The van der Waals surface area contributed by atoms with Gasteiger partial charge < -0.3 is 5.11 Å². The van der Waals surface area contributed by atoms with E-state index in [1.54, 1.807) is 18.2 Å². The first-order valence-corrected chi connectivity index (χ1v) is 8.30. The number of amides is 2. The van der Waals surface area contributed by atoms with Crippen molar-refractivity contribution in [2.24, 2.45) is 0 Å². The zero-order chi connectivity index (χ0) is 18.0. The number of phenols is 1. The molecule has 0 radical (unpaired) electrons. The number of nitrogens with zero attached hydrogens (tertiary/aromatic N) is 1. The number of para-hydroxylation sites is 1. The predicted octanol–water partition coefficient (Wildman–Crippen LogP) is 3.08. The van der Waals surface area contributed by atoms with E-state index in [0.29, 0.717) is 10.5 Å². The van der Waals surface area contributed by atoms with Crippen LogP contribution in [0.5, 0.6) is 5.75 Å². The van der Waals surface area contributed by atoms with Crippen LogP contribution in [0.25, 0.3) is 6.08 Å². The van der Waals surface area contributed by atoms with Gasteiger partial charge in [-0.3, -0.25) is 15.0 Å². The summed E-state index contributed by atoms with van der Waals surface area (Å²) in [6.45, 7) is 0. The third-order valence-electron chi connectivity index (χ3n) is 3.32. The Kier molecular flexibility index (Phi) is 4.82. The predicted molar refractivity (Wildman–Crippen MR) is 97.0 cm³/mol. The number of nitrogens with one attached hydrogen (secondary N) is 1. The first-order chi connectivity index (χ1) is 12.0. The van der Waals surface area contributed by atoms with Crippen molar-refractivity contribution in [2.75, 3.05) is 0 Å². The molecule has 1 aliphatic heterocycles. The van der Waals surface area contributed by atoms with Gasteiger partial charge in [-0.15, -0.1) is 0 Å². The molecule has 25 heavy (non-hydrogen) atoms. The molecule has 8 heteroatoms. The van der Waals surface area contributed by atoms with Gasteiger partial charge in [-0.2, -0.15) is 5.01 Å². The van der Waals surface area contributed by atoms with Gasteiger partial charge in [-0.1, -0.05) is 36.0 Å². The fourth-order valence-corrected chi connectivity index (χ4v) is 3.28. The Bertz CT molecular complexity index is 897. The van der Waals surface area contributed by atoms with Crippen LogP contribution >= 0.6 is 24.0 Å². The van der Waals surface area contributed by atoms with Crippen LogP contribution in [-0.2, 0) is 4.79 Å². The lowest BCUT2D eigenvalue weighted by Gasteiger charge is -2.16. The monoisotopic (exact) mass is 374 g/mol. The maximum Gasteiger partial charge on any atom is 0.285 e. The Morgan fingerprint density at radius 3 is 2.56 bits per heavy atom. The Hall–Kier alpha value is -2.71. The third kappa shape index (κ3) is 3.70. The van der Waals surface area contributed by atoms with E-state index in [4.69, 9.17) is 12.2 Å². The van der Waals surface area contributed by atoms with E-state index < -0.39 is 11.8 Å². The number of benzene rings is 2. The maximum atomic E-state index is 12.9. The van der Waals surface area contributed by atoms with Crippen molar-refractivity contribution in [1.82, 2.24) is 10.4 Å². The molecule has 1 heterocycles. The van der Waals surface area contributed by atoms with Crippen LogP contribution in [0.3, 0.4) is 0 Å². The molecular weight excluding hydrogens is 363 g/mol. The topological polar surface area (TPSA) is 69.6 Å². The van der Waals surface area contributed by atoms with E-state index in [1.165, 1.54) is 36.4 Å². The number of hydrogen-bond donors (Lipinski definition) is 2. The van der Waals surface area contributed by atoms with Crippen molar-refractivity contribution < 1.29 is 19.1 Å². The van der Waals surface area contributed by atoms with Gasteiger partial charge >= 0.3 is 0 Å². The Morgan fingerprint density at radius 2 is 1.88 bits per heavy atom. The molecule has 0 saturated carbocycles. The largest absolute Gasteiger partial charge is 0.507 e. The quantitative estimate of drug-likeness (QED) is 0.638. The molecular formula is C17H11FN2O3S2. The van der Waals surface area contributed by atoms with E-state index in [-0.39, 0.29) is 21.5 Å². The summed E-state index contributed by atoms with van der Waals surface area (Å²) in [6, 6.07) is 11.6. The molecule has 1 aliphatic rings. The summed E-state index contributed by atoms with van der Waals surface area (Å²) in [7, 11) is 0. The molecule has 126 valence electrons. The minimum absolute atomic E-state index is 0.0269. The number of thiocarbonyl (C=S) groups is 1. The summed E-state index contributed by atoms with van der Waals surface area (Å²) in [4.78, 5) is 25.0. The van der Waals surface area contributed by atoms with Crippen molar-refractivity contribution in [1.29, 1.82) is 0 Å². The second-order valence-electron chi connectivity index (χ2n) is 5.03. The number of halogens is 1. The first kappa shape index (κ1) is 17.1. The number of hydrogen-bond acceptors (Lipinski definition) is 5. The van der Waals surface area contributed by atoms with Crippen molar-refractivity contribution >= 4 is 46.2 Å². The lowest BCUT2D eigenvalue weighted by Crippen LogP contribution is -2.44. The molecule has 0 aliphatic carbocycles. The lowest BCUT2D eigenvalue weighted by atomic mass is 10.2. The maximum absolute atomic E-state index is 12.9. The fraction of sp³-hybridized carbons (Fsp3) is 0. The van der Waals surface area contributed by atoms with Crippen LogP contribution in [0.15, 0.2) is 53.4 Å². The fourth-order valence-electron chi connectivity index (χ4n) is 2.10. The van der Waals surface area contributed by atoms with Gasteiger partial charge in [0.05, 0.1) is 10.5 Å². The van der Waals surface area contributed by atoms with Crippen molar-refractivity contribution in [3.63, 3.8) is 0 Å². The molecule has 0 atom stereocenters. The van der Waals surface area contributed by atoms with Crippen LogP contribution in [0.1, 0.15) is 15.9 Å². The summed E-state index contributed by atoms with van der Waals surface area (Å²) in [5, 5.41) is 10.7. The number of phenolic OH excluding ortho intramolecular Hbond substituents is 1. The van der Waals surface area contributed by atoms with Crippen molar-refractivity contribution in [3.05, 3.63) is 70.4 Å². The molecule has 2 N–H and O–H groups in total. The van der Waals surface area contributed by atoms with Gasteiger partial charge in [0.25, 0.3) is 11.8 Å². The first-order valence-electron chi connectivity index (χ1n) is 7.08. The molecule has 2 amide bonds. The Morgan fingerprint density at radius 1 is 1.20 bits per heavy atom. The summed E-state index contributed by atoms with van der Waals surface area (Å²) < 4.78 is 13.1. The molecule has 0 unspecified atom stereocenters. The SMILES string of the molecule is O=C(NN1C(=O)C(=Cc2ccc(F)cc2)SC1=S)c1ccccc1O. The standard InChI is InChI=1S/C17H11FN2O3S2/c18-11-7-5-10(6-8-11)9-14-16(23)20(17(24)25-14)19-15(22)12-3-1-2-4-13(12)21/h1-9,21H,(H,19,22). The van der Waals surface area contributed by atoms with Gasteiger partial charge in [0, 0.05) is 0 Å². The molecule has 5 nitrogen and oxygen atoms in total. The Balaban J connectivity index is 1.79. The second kappa shape index (κ2) is 7.04. The Labute approximate surface area is 152 Å². The van der Waals surface area contributed by atoms with Gasteiger partial charge in [0.1, 0.15) is 11.6 Å². The molecule has 1 fully saturated rings. The molecule has 1 saturated heterocycles. The van der Waals surface area contributed by atoms with Gasteiger partial charge in [0.2, 0.25) is 0 Å². The number of aromatic hydroxyl groups is 1. The minimum Gasteiger partial charge on any atom is -0.507 e. The number of carbonyl (C=O) groups is 2. The summed E-state index contributed by atoms with van der Waals surface area (Å²) >= 11 is 6.14. The summed E-state index contributed by atoms with van der Waals surface area (Å²) in [5.41, 5.74) is 3.04. The van der Waals surface area contributed by atoms with Gasteiger partial charge in [0.15, 0.2) is 4.32 Å². The molecule has 0 bridgehead atoms. The number of carbonyl (C=O) groups excluding carboxylic acids is 2. The average Bonchev–Trinajstić information content (AvgIpc) is 2.85. The number of rotatable bonds is 3. The molecule has 2 aromatic rings. The number of thioether (sulfide) groups is 1. The van der Waals surface area contributed by atoms with E-state index in [1.807, 2.05) is 0 Å². The van der Waals surface area contributed by atoms with Crippen molar-refractivity contribution in [3.8, 4) is 5.75 Å². The second-order valence-corrected chi connectivity index (χ2v) is 6.70. The van der Waals surface area contributed by atoms with Crippen LogP contribution in [0.2, 0.25) is 0 Å². The van der Waals surface area contributed by atoms with Gasteiger partial charge in [-0.25, -0.2) is 4.39 Å². The van der Waals surface area contributed by atoms with Gasteiger partial charge in [-0.05, 0) is 48.1 Å². The number of hydrazine groups is 1. The highest BCUT2D eigenvalue weighted by molar-refractivity contribution is 8.26. The highest BCUT2D eigenvalue weighted by Crippen LogP contribution is 2.31. The highest BCUT2D eigenvalue weighted by atomic mass is 32.2. The molecule has 0 spiro atoms. The summed E-state index contributed by atoms with van der Waals surface area (Å²) in [6.07, 6.45) is 1.56.